The first-order valence-corrected chi connectivity index (χ1v) is 17.1. The Morgan fingerprint density at radius 2 is 0.780 bits per heavy atom. The minimum absolute atomic E-state index is 0.149. The molecule has 236 valence electrons. The molecule has 3 nitrogen and oxygen atoms in total. The second-order valence-electron chi connectivity index (χ2n) is 12.6. The zero-order chi connectivity index (χ0) is 33.5. The SMILES string of the molecule is Clc1nc(-c2cc(-c3ccccc3)cc(-c3ccccc3)c2)nc(-c2cccc(C3(c4ccccc4)c4ccccc4-c4ccccc43)c2)n1. The van der Waals surface area contributed by atoms with E-state index >= 15 is 0 Å². The maximum absolute atomic E-state index is 6.73. The maximum Gasteiger partial charge on any atom is 0.226 e. The van der Waals surface area contributed by atoms with Gasteiger partial charge in [-0.2, -0.15) is 9.97 Å². The van der Waals surface area contributed by atoms with E-state index in [1.807, 2.05) is 12.1 Å². The molecule has 0 N–H and O–H groups in total. The molecule has 0 amide bonds. The third kappa shape index (κ3) is 5.03. The van der Waals surface area contributed by atoms with E-state index in [4.69, 9.17) is 16.6 Å². The lowest BCUT2D eigenvalue weighted by atomic mass is 9.67. The molecular weight excluding hydrogens is 630 g/mol. The highest BCUT2D eigenvalue weighted by Gasteiger charge is 2.45. The fourth-order valence-corrected chi connectivity index (χ4v) is 7.72. The predicted molar refractivity (Wildman–Crippen MR) is 204 cm³/mol. The van der Waals surface area contributed by atoms with Crippen molar-refractivity contribution in [3.8, 4) is 56.2 Å². The van der Waals surface area contributed by atoms with Crippen molar-refractivity contribution in [2.75, 3.05) is 0 Å². The van der Waals surface area contributed by atoms with Crippen LogP contribution in [0.15, 0.2) is 182 Å². The quantitative estimate of drug-likeness (QED) is 0.178. The largest absolute Gasteiger partial charge is 0.226 e. The van der Waals surface area contributed by atoms with Crippen LogP contribution in [0.3, 0.4) is 0 Å². The van der Waals surface area contributed by atoms with E-state index < -0.39 is 5.41 Å². The molecule has 1 heterocycles. The lowest BCUT2D eigenvalue weighted by Crippen LogP contribution is -2.28. The van der Waals surface area contributed by atoms with Gasteiger partial charge in [0.25, 0.3) is 0 Å². The van der Waals surface area contributed by atoms with Crippen molar-refractivity contribution in [2.45, 2.75) is 5.41 Å². The van der Waals surface area contributed by atoms with Crippen LogP contribution in [0.5, 0.6) is 0 Å². The van der Waals surface area contributed by atoms with Crippen molar-refractivity contribution < 1.29 is 0 Å². The third-order valence-electron chi connectivity index (χ3n) is 9.73. The van der Waals surface area contributed by atoms with Crippen LogP contribution in [0, 0.1) is 0 Å². The van der Waals surface area contributed by atoms with E-state index in [0.29, 0.717) is 11.6 Å². The molecular formula is C46H30ClN3. The molecule has 0 bridgehead atoms. The Kier molecular flexibility index (Phi) is 7.41. The highest BCUT2D eigenvalue weighted by molar-refractivity contribution is 6.28. The van der Waals surface area contributed by atoms with Crippen LogP contribution in [0.4, 0.5) is 0 Å². The number of nitrogens with zero attached hydrogens (tertiary/aromatic N) is 3. The molecule has 0 saturated carbocycles. The van der Waals surface area contributed by atoms with Gasteiger partial charge >= 0.3 is 0 Å². The highest BCUT2D eigenvalue weighted by Crippen LogP contribution is 2.56. The minimum atomic E-state index is -0.529. The summed E-state index contributed by atoms with van der Waals surface area (Å²) in [5.41, 5.74) is 12.9. The molecule has 0 atom stereocenters. The van der Waals surface area contributed by atoms with Gasteiger partial charge in [0, 0.05) is 11.1 Å². The monoisotopic (exact) mass is 659 g/mol. The Bertz CT molecular complexity index is 2390. The minimum Gasteiger partial charge on any atom is -0.208 e. The Morgan fingerprint density at radius 3 is 1.36 bits per heavy atom. The number of rotatable bonds is 6. The summed E-state index contributed by atoms with van der Waals surface area (Å²) in [4.78, 5) is 14.4. The van der Waals surface area contributed by atoms with Crippen molar-refractivity contribution in [3.05, 3.63) is 210 Å². The van der Waals surface area contributed by atoms with E-state index in [0.717, 1.165) is 38.9 Å². The molecule has 9 rings (SSSR count). The molecule has 1 aromatic heterocycles. The van der Waals surface area contributed by atoms with Crippen molar-refractivity contribution in [2.24, 2.45) is 0 Å². The van der Waals surface area contributed by atoms with Crippen LogP contribution in [-0.2, 0) is 5.41 Å². The first kappa shape index (κ1) is 29.9. The molecule has 0 saturated heterocycles. The summed E-state index contributed by atoms with van der Waals surface area (Å²) in [5, 5.41) is 0.149. The molecule has 1 aliphatic rings. The molecule has 0 radical (unpaired) electrons. The van der Waals surface area contributed by atoms with Gasteiger partial charge in [0.2, 0.25) is 5.28 Å². The first-order valence-electron chi connectivity index (χ1n) is 16.7. The van der Waals surface area contributed by atoms with Gasteiger partial charge in [-0.05, 0) is 91.5 Å². The Labute approximate surface area is 296 Å². The number of hydrogen-bond donors (Lipinski definition) is 0. The second-order valence-corrected chi connectivity index (χ2v) is 12.9. The fourth-order valence-electron chi connectivity index (χ4n) is 7.56. The molecule has 1 aliphatic carbocycles. The van der Waals surface area contributed by atoms with Crippen LogP contribution in [-0.4, -0.2) is 15.0 Å². The lowest BCUT2D eigenvalue weighted by Gasteiger charge is -2.34. The fraction of sp³-hybridized carbons (Fsp3) is 0.0217. The third-order valence-corrected chi connectivity index (χ3v) is 9.90. The van der Waals surface area contributed by atoms with Crippen molar-refractivity contribution >= 4 is 11.6 Å². The summed E-state index contributed by atoms with van der Waals surface area (Å²) in [6, 6.07) is 64.1. The molecule has 0 unspecified atom stereocenters. The molecule has 0 spiro atoms. The summed E-state index contributed by atoms with van der Waals surface area (Å²) < 4.78 is 0. The average Bonchev–Trinajstić information content (AvgIpc) is 3.50. The van der Waals surface area contributed by atoms with Gasteiger partial charge in [-0.3, -0.25) is 0 Å². The number of fused-ring (bicyclic) bond motifs is 3. The first-order chi connectivity index (χ1) is 24.7. The number of aromatic nitrogens is 3. The summed E-state index contributed by atoms with van der Waals surface area (Å²) >= 11 is 6.73. The van der Waals surface area contributed by atoms with Gasteiger partial charge in [0.15, 0.2) is 11.6 Å². The van der Waals surface area contributed by atoms with Gasteiger partial charge < -0.3 is 0 Å². The zero-order valence-corrected chi connectivity index (χ0v) is 27.8. The predicted octanol–water partition coefficient (Wildman–Crippen LogP) is 11.6. The standard InChI is InChI=1S/C46H30ClN3/c47-45-49-43(48-44(50-45)36-28-34(31-15-4-1-5-16-31)27-35(29-36)32-17-6-2-7-18-32)33-19-14-22-38(30-33)46(37-20-8-3-9-21-37)41-25-12-10-23-39(41)40-24-11-13-26-42(40)46/h1-30H. The number of benzene rings is 7. The highest BCUT2D eigenvalue weighted by atomic mass is 35.5. The Morgan fingerprint density at radius 1 is 0.340 bits per heavy atom. The van der Waals surface area contributed by atoms with Crippen LogP contribution >= 0.6 is 11.6 Å². The average molecular weight is 660 g/mol. The number of hydrogen-bond acceptors (Lipinski definition) is 3. The molecule has 8 aromatic rings. The van der Waals surface area contributed by atoms with Crippen LogP contribution in [0.2, 0.25) is 5.28 Å². The van der Waals surface area contributed by atoms with Crippen LogP contribution in [0.25, 0.3) is 56.2 Å². The normalized spacial score (nSPS) is 12.7. The van der Waals surface area contributed by atoms with Gasteiger partial charge in [-0.15, -0.1) is 0 Å². The van der Waals surface area contributed by atoms with E-state index in [1.54, 1.807) is 0 Å². The van der Waals surface area contributed by atoms with E-state index in [-0.39, 0.29) is 5.28 Å². The summed E-state index contributed by atoms with van der Waals surface area (Å²) in [6.07, 6.45) is 0. The molecule has 7 aromatic carbocycles. The summed E-state index contributed by atoms with van der Waals surface area (Å²) in [6.45, 7) is 0. The topological polar surface area (TPSA) is 38.7 Å². The molecule has 0 fully saturated rings. The van der Waals surface area contributed by atoms with Crippen LogP contribution < -0.4 is 0 Å². The van der Waals surface area contributed by atoms with Crippen molar-refractivity contribution in [1.82, 2.24) is 15.0 Å². The van der Waals surface area contributed by atoms with Gasteiger partial charge in [0.05, 0.1) is 5.41 Å². The van der Waals surface area contributed by atoms with Gasteiger partial charge in [-0.25, -0.2) is 4.98 Å². The Hall–Kier alpha value is -6.16. The van der Waals surface area contributed by atoms with E-state index in [1.165, 1.54) is 27.8 Å². The van der Waals surface area contributed by atoms with Crippen molar-refractivity contribution in [1.29, 1.82) is 0 Å². The second kappa shape index (κ2) is 12.4. The zero-order valence-electron chi connectivity index (χ0n) is 27.0. The summed E-state index contributed by atoms with van der Waals surface area (Å²) in [7, 11) is 0. The molecule has 4 heteroatoms. The number of halogens is 1. The maximum atomic E-state index is 6.73. The van der Waals surface area contributed by atoms with Crippen LogP contribution in [0.1, 0.15) is 22.3 Å². The van der Waals surface area contributed by atoms with E-state index in [9.17, 15) is 0 Å². The smallest absolute Gasteiger partial charge is 0.208 e. The Balaban J connectivity index is 1.22. The van der Waals surface area contributed by atoms with Crippen molar-refractivity contribution in [3.63, 3.8) is 0 Å². The molecule has 50 heavy (non-hydrogen) atoms. The van der Waals surface area contributed by atoms with Gasteiger partial charge in [0.1, 0.15) is 0 Å². The summed E-state index contributed by atoms with van der Waals surface area (Å²) in [5.74, 6) is 1.05. The lowest BCUT2D eigenvalue weighted by molar-refractivity contribution is 0.768. The van der Waals surface area contributed by atoms with Gasteiger partial charge in [-0.1, -0.05) is 158 Å². The van der Waals surface area contributed by atoms with E-state index in [2.05, 4.69) is 180 Å². The molecule has 0 aliphatic heterocycles.